The standard InChI is InChI=1S/C21H30N4.HI/c1-5-17-8-10-19(11-9-17)21(2,3)16-25-20(22-4)24-14-12-18-7-6-13-23-15-18;/h6-11,13,15H,5,12,14,16H2,1-4H3,(H2,22,24,25);1H. The number of nitrogens with zero attached hydrogens (tertiary/aromatic N) is 2. The smallest absolute Gasteiger partial charge is 0.191 e. The molecule has 0 radical (unpaired) electrons. The first-order chi connectivity index (χ1) is 12.0. The van der Waals surface area contributed by atoms with Crippen LogP contribution in [0.5, 0.6) is 0 Å². The summed E-state index contributed by atoms with van der Waals surface area (Å²) in [7, 11) is 1.81. The van der Waals surface area contributed by atoms with Crippen LogP contribution in [0, 0.1) is 0 Å². The zero-order valence-corrected chi connectivity index (χ0v) is 18.6. The Morgan fingerprint density at radius 3 is 2.38 bits per heavy atom. The van der Waals surface area contributed by atoms with Gasteiger partial charge in [-0.05, 0) is 35.6 Å². The van der Waals surface area contributed by atoms with Gasteiger partial charge < -0.3 is 10.6 Å². The molecule has 1 heterocycles. The molecule has 1 aromatic carbocycles. The van der Waals surface area contributed by atoms with Crippen LogP contribution < -0.4 is 10.6 Å². The molecule has 1 aromatic heterocycles. The molecule has 0 aliphatic carbocycles. The van der Waals surface area contributed by atoms with Crippen molar-refractivity contribution in [2.75, 3.05) is 20.1 Å². The van der Waals surface area contributed by atoms with Gasteiger partial charge in [0, 0.05) is 37.9 Å². The number of rotatable bonds is 7. The Labute approximate surface area is 174 Å². The minimum absolute atomic E-state index is 0. The zero-order valence-electron chi connectivity index (χ0n) is 16.2. The third-order valence-corrected chi connectivity index (χ3v) is 4.49. The van der Waals surface area contributed by atoms with Crippen LogP contribution in [-0.4, -0.2) is 31.1 Å². The minimum atomic E-state index is 0. The van der Waals surface area contributed by atoms with Gasteiger partial charge in [-0.25, -0.2) is 0 Å². The first-order valence-corrected chi connectivity index (χ1v) is 8.98. The average molecular weight is 466 g/mol. The van der Waals surface area contributed by atoms with Crippen molar-refractivity contribution in [3.8, 4) is 0 Å². The third kappa shape index (κ3) is 6.94. The van der Waals surface area contributed by atoms with Gasteiger partial charge in [-0.15, -0.1) is 24.0 Å². The van der Waals surface area contributed by atoms with Crippen LogP contribution in [0.25, 0.3) is 0 Å². The topological polar surface area (TPSA) is 49.3 Å². The van der Waals surface area contributed by atoms with Gasteiger partial charge in [-0.2, -0.15) is 0 Å². The predicted molar refractivity (Wildman–Crippen MR) is 122 cm³/mol. The van der Waals surface area contributed by atoms with Crippen molar-refractivity contribution in [1.29, 1.82) is 0 Å². The average Bonchev–Trinajstić information content (AvgIpc) is 2.65. The number of benzene rings is 1. The van der Waals surface area contributed by atoms with Gasteiger partial charge in [0.25, 0.3) is 0 Å². The molecule has 0 fully saturated rings. The third-order valence-electron chi connectivity index (χ3n) is 4.49. The first-order valence-electron chi connectivity index (χ1n) is 8.98. The van der Waals surface area contributed by atoms with E-state index in [0.29, 0.717) is 0 Å². The summed E-state index contributed by atoms with van der Waals surface area (Å²) in [5, 5.41) is 6.82. The largest absolute Gasteiger partial charge is 0.356 e. The Balaban J connectivity index is 0.00000338. The van der Waals surface area contributed by atoms with E-state index in [1.165, 1.54) is 16.7 Å². The van der Waals surface area contributed by atoms with E-state index in [1.54, 1.807) is 6.20 Å². The summed E-state index contributed by atoms with van der Waals surface area (Å²) in [6, 6.07) is 13.0. The van der Waals surface area contributed by atoms with Crippen LogP contribution in [0.3, 0.4) is 0 Å². The van der Waals surface area contributed by atoms with Crippen LogP contribution >= 0.6 is 24.0 Å². The molecule has 0 amide bonds. The summed E-state index contributed by atoms with van der Waals surface area (Å²) in [6.45, 7) is 8.35. The van der Waals surface area contributed by atoms with Crippen molar-refractivity contribution < 1.29 is 0 Å². The molecular formula is C21H31IN4. The number of guanidine groups is 1. The van der Waals surface area contributed by atoms with Gasteiger partial charge in [0.15, 0.2) is 5.96 Å². The maximum atomic E-state index is 4.32. The summed E-state index contributed by atoms with van der Waals surface area (Å²) in [6.07, 6.45) is 5.70. The molecule has 0 saturated carbocycles. The number of aliphatic imine (C=N–C) groups is 1. The summed E-state index contributed by atoms with van der Waals surface area (Å²) in [4.78, 5) is 8.47. The molecule has 142 valence electrons. The van der Waals surface area contributed by atoms with Crippen LogP contribution in [0.15, 0.2) is 53.8 Å². The Hall–Kier alpha value is -1.63. The van der Waals surface area contributed by atoms with E-state index in [2.05, 4.69) is 71.7 Å². The molecule has 0 aliphatic heterocycles. The fourth-order valence-corrected chi connectivity index (χ4v) is 2.69. The molecule has 0 aliphatic rings. The highest BCUT2D eigenvalue weighted by molar-refractivity contribution is 14.0. The number of aromatic nitrogens is 1. The molecular weight excluding hydrogens is 435 g/mol. The van der Waals surface area contributed by atoms with Gasteiger partial charge in [0.2, 0.25) is 0 Å². The van der Waals surface area contributed by atoms with Crippen molar-refractivity contribution in [2.24, 2.45) is 4.99 Å². The second-order valence-corrected chi connectivity index (χ2v) is 6.90. The molecule has 5 heteroatoms. The number of halogens is 1. The molecule has 2 aromatic rings. The van der Waals surface area contributed by atoms with Crippen molar-refractivity contribution in [2.45, 2.75) is 39.0 Å². The maximum absolute atomic E-state index is 4.32. The summed E-state index contributed by atoms with van der Waals surface area (Å²) < 4.78 is 0. The molecule has 0 unspecified atom stereocenters. The highest BCUT2D eigenvalue weighted by atomic mass is 127. The Kier molecular flexibility index (Phi) is 9.62. The number of hydrogen-bond acceptors (Lipinski definition) is 2. The minimum Gasteiger partial charge on any atom is -0.356 e. The SMILES string of the molecule is CCc1ccc(C(C)(C)CNC(=NC)NCCc2cccnc2)cc1.I. The number of nitrogens with one attached hydrogen (secondary N) is 2. The number of hydrogen-bond donors (Lipinski definition) is 2. The first kappa shape index (κ1) is 22.4. The molecule has 2 N–H and O–H groups in total. The van der Waals surface area contributed by atoms with E-state index in [0.717, 1.165) is 31.9 Å². The Bertz CT molecular complexity index is 666. The maximum Gasteiger partial charge on any atom is 0.191 e. The molecule has 2 rings (SSSR count). The quantitative estimate of drug-likeness (QED) is 0.369. The highest BCUT2D eigenvalue weighted by Gasteiger charge is 2.20. The summed E-state index contributed by atoms with van der Waals surface area (Å²) in [5.41, 5.74) is 3.97. The number of aryl methyl sites for hydroxylation is 1. The molecule has 0 spiro atoms. The van der Waals surface area contributed by atoms with Gasteiger partial charge in [-0.1, -0.05) is 51.1 Å². The lowest BCUT2D eigenvalue weighted by atomic mass is 9.84. The Morgan fingerprint density at radius 1 is 1.08 bits per heavy atom. The highest BCUT2D eigenvalue weighted by Crippen LogP contribution is 2.22. The van der Waals surface area contributed by atoms with E-state index in [-0.39, 0.29) is 29.4 Å². The van der Waals surface area contributed by atoms with Gasteiger partial charge in [0.1, 0.15) is 0 Å². The molecule has 0 atom stereocenters. The monoisotopic (exact) mass is 466 g/mol. The van der Waals surface area contributed by atoms with E-state index < -0.39 is 0 Å². The van der Waals surface area contributed by atoms with E-state index >= 15 is 0 Å². The van der Waals surface area contributed by atoms with E-state index in [4.69, 9.17) is 0 Å². The zero-order chi connectivity index (χ0) is 18.1. The fourth-order valence-electron chi connectivity index (χ4n) is 2.69. The predicted octanol–water partition coefficient (Wildman–Crippen LogP) is 3.95. The van der Waals surface area contributed by atoms with Crippen molar-refractivity contribution in [1.82, 2.24) is 15.6 Å². The van der Waals surface area contributed by atoms with Crippen molar-refractivity contribution >= 4 is 29.9 Å². The number of pyridine rings is 1. The van der Waals surface area contributed by atoms with E-state index in [9.17, 15) is 0 Å². The normalized spacial score (nSPS) is 11.6. The lowest BCUT2D eigenvalue weighted by Crippen LogP contribution is -2.44. The van der Waals surface area contributed by atoms with Crippen LogP contribution in [0.1, 0.15) is 37.5 Å². The molecule has 0 bridgehead atoms. The van der Waals surface area contributed by atoms with Crippen molar-refractivity contribution in [3.05, 3.63) is 65.5 Å². The van der Waals surface area contributed by atoms with Gasteiger partial charge >= 0.3 is 0 Å². The van der Waals surface area contributed by atoms with E-state index in [1.807, 2.05) is 19.3 Å². The molecule has 0 saturated heterocycles. The fraction of sp³-hybridized carbons (Fsp3) is 0.429. The van der Waals surface area contributed by atoms with Gasteiger partial charge in [-0.3, -0.25) is 9.98 Å². The summed E-state index contributed by atoms with van der Waals surface area (Å²) >= 11 is 0. The van der Waals surface area contributed by atoms with Crippen LogP contribution in [-0.2, 0) is 18.3 Å². The van der Waals surface area contributed by atoms with Gasteiger partial charge in [0.05, 0.1) is 0 Å². The van der Waals surface area contributed by atoms with Crippen molar-refractivity contribution in [3.63, 3.8) is 0 Å². The lowest BCUT2D eigenvalue weighted by molar-refractivity contribution is 0.508. The van der Waals surface area contributed by atoms with Crippen LogP contribution in [0.2, 0.25) is 0 Å². The lowest BCUT2D eigenvalue weighted by Gasteiger charge is -2.27. The second-order valence-electron chi connectivity index (χ2n) is 6.90. The second kappa shape index (κ2) is 11.2. The summed E-state index contributed by atoms with van der Waals surface area (Å²) in [5.74, 6) is 0.835. The molecule has 4 nitrogen and oxygen atoms in total. The molecule has 26 heavy (non-hydrogen) atoms. The Morgan fingerprint density at radius 2 is 1.81 bits per heavy atom. The van der Waals surface area contributed by atoms with Crippen LogP contribution in [0.4, 0.5) is 0 Å².